The van der Waals surface area contributed by atoms with Crippen LogP contribution in [0.1, 0.15) is 38.4 Å². The van der Waals surface area contributed by atoms with Gasteiger partial charge in [0.15, 0.2) is 6.29 Å². The van der Waals surface area contributed by atoms with E-state index in [9.17, 15) is 4.79 Å². The van der Waals surface area contributed by atoms with Gasteiger partial charge in [-0.2, -0.15) is 5.10 Å². The third-order valence-corrected chi connectivity index (χ3v) is 3.46. The van der Waals surface area contributed by atoms with Crippen molar-refractivity contribution in [1.29, 1.82) is 0 Å². The van der Waals surface area contributed by atoms with Crippen LogP contribution >= 0.6 is 0 Å². The number of aromatic nitrogens is 2. The van der Waals surface area contributed by atoms with Crippen molar-refractivity contribution >= 4 is 6.29 Å². The van der Waals surface area contributed by atoms with Crippen LogP contribution in [0.5, 0.6) is 0 Å². The summed E-state index contributed by atoms with van der Waals surface area (Å²) >= 11 is 0. The molecule has 18 heavy (non-hydrogen) atoms. The number of aryl methyl sites for hydroxylation is 3. The molecule has 0 bridgehead atoms. The van der Waals surface area contributed by atoms with Crippen molar-refractivity contribution in [2.45, 2.75) is 34.2 Å². The Labute approximate surface area is 107 Å². The molecule has 0 aliphatic carbocycles. The molecule has 1 aromatic carbocycles. The monoisotopic (exact) mass is 242 g/mol. The quantitative estimate of drug-likeness (QED) is 0.775. The minimum atomic E-state index is 0.707. The maximum atomic E-state index is 11.0. The first kappa shape index (κ1) is 12.6. The van der Waals surface area contributed by atoms with Gasteiger partial charge in [-0.05, 0) is 44.4 Å². The Morgan fingerprint density at radius 1 is 1.17 bits per heavy atom. The lowest BCUT2D eigenvalue weighted by atomic mass is 10.1. The topological polar surface area (TPSA) is 34.9 Å². The summed E-state index contributed by atoms with van der Waals surface area (Å²) in [6, 6.07) is 6.41. The summed E-state index contributed by atoms with van der Waals surface area (Å²) in [5, 5.41) is 4.41. The molecule has 3 heteroatoms. The second-order valence-corrected chi connectivity index (χ2v) is 4.78. The van der Waals surface area contributed by atoms with Gasteiger partial charge in [0, 0.05) is 5.69 Å². The normalized spacial score (nSPS) is 10.7. The predicted molar refractivity (Wildman–Crippen MR) is 72.1 cm³/mol. The lowest BCUT2D eigenvalue weighted by Crippen LogP contribution is -2.04. The molecule has 0 atom stereocenters. The number of benzene rings is 1. The average molecular weight is 242 g/mol. The van der Waals surface area contributed by atoms with Crippen LogP contribution in [0.3, 0.4) is 0 Å². The van der Waals surface area contributed by atoms with E-state index in [1.165, 1.54) is 16.7 Å². The molecule has 1 heterocycles. The third-order valence-electron chi connectivity index (χ3n) is 3.46. The molecule has 0 aliphatic heterocycles. The van der Waals surface area contributed by atoms with Gasteiger partial charge in [0.25, 0.3) is 0 Å². The van der Waals surface area contributed by atoms with E-state index in [4.69, 9.17) is 0 Å². The molecular formula is C15H18N2O. The van der Waals surface area contributed by atoms with E-state index in [1.807, 2.05) is 18.5 Å². The molecule has 2 rings (SSSR count). The molecule has 3 nitrogen and oxygen atoms in total. The van der Waals surface area contributed by atoms with Gasteiger partial charge in [0.2, 0.25) is 0 Å². The van der Waals surface area contributed by atoms with E-state index < -0.39 is 0 Å². The van der Waals surface area contributed by atoms with Crippen LogP contribution in [-0.4, -0.2) is 16.1 Å². The fourth-order valence-corrected chi connectivity index (χ4v) is 2.11. The number of hydrogen-bond donors (Lipinski definition) is 0. The van der Waals surface area contributed by atoms with Crippen molar-refractivity contribution in [3.63, 3.8) is 0 Å². The number of aldehydes is 1. The van der Waals surface area contributed by atoms with Crippen molar-refractivity contribution < 1.29 is 4.79 Å². The molecule has 0 fully saturated rings. The molecule has 0 saturated carbocycles. The summed E-state index contributed by atoms with van der Waals surface area (Å²) < 4.78 is 1.89. The summed E-state index contributed by atoms with van der Waals surface area (Å²) in [5.41, 5.74) is 6.22. The van der Waals surface area contributed by atoms with E-state index in [1.54, 1.807) is 0 Å². The number of rotatable bonds is 3. The number of carbonyl (C=O) groups excluding carboxylic acids is 1. The van der Waals surface area contributed by atoms with Crippen LogP contribution in [0.15, 0.2) is 18.2 Å². The highest BCUT2D eigenvalue weighted by molar-refractivity contribution is 5.78. The molecule has 2 aromatic rings. The zero-order chi connectivity index (χ0) is 13.3. The molecule has 0 unspecified atom stereocenters. The lowest BCUT2D eigenvalue weighted by molar-refractivity contribution is 0.112. The third kappa shape index (κ3) is 2.21. The Balaban J connectivity index is 2.34. The van der Waals surface area contributed by atoms with Crippen LogP contribution in [0.25, 0.3) is 0 Å². The minimum absolute atomic E-state index is 0.707. The highest BCUT2D eigenvalue weighted by Gasteiger charge is 2.10. The summed E-state index contributed by atoms with van der Waals surface area (Å²) in [4.78, 5) is 11.0. The van der Waals surface area contributed by atoms with Gasteiger partial charge in [0.05, 0.1) is 17.8 Å². The van der Waals surface area contributed by atoms with Crippen LogP contribution in [0.2, 0.25) is 0 Å². The van der Waals surface area contributed by atoms with Crippen molar-refractivity contribution in [3.05, 3.63) is 51.8 Å². The highest BCUT2D eigenvalue weighted by atomic mass is 16.1. The number of carbonyl (C=O) groups is 1. The molecule has 94 valence electrons. The van der Waals surface area contributed by atoms with Gasteiger partial charge >= 0.3 is 0 Å². The lowest BCUT2D eigenvalue weighted by Gasteiger charge is -2.07. The largest absolute Gasteiger partial charge is 0.298 e. The summed E-state index contributed by atoms with van der Waals surface area (Å²) in [6.45, 7) is 8.73. The summed E-state index contributed by atoms with van der Waals surface area (Å²) in [7, 11) is 0. The van der Waals surface area contributed by atoms with Gasteiger partial charge in [-0.15, -0.1) is 0 Å². The predicted octanol–water partition coefficient (Wildman–Crippen LogP) is 2.98. The fourth-order valence-electron chi connectivity index (χ4n) is 2.11. The van der Waals surface area contributed by atoms with E-state index in [2.05, 4.69) is 37.1 Å². The van der Waals surface area contributed by atoms with Crippen LogP contribution in [-0.2, 0) is 6.54 Å². The molecule has 0 spiro atoms. The summed E-state index contributed by atoms with van der Waals surface area (Å²) in [6.07, 6.45) is 0.883. The zero-order valence-corrected chi connectivity index (χ0v) is 11.3. The standard InChI is InChI=1S/C15H18N2O/c1-10-5-6-14(7-11(10)2)8-17-13(4)15(9-18)12(3)16-17/h5-7,9H,8H2,1-4H3. The highest BCUT2D eigenvalue weighted by Crippen LogP contribution is 2.15. The van der Waals surface area contributed by atoms with E-state index in [-0.39, 0.29) is 0 Å². The van der Waals surface area contributed by atoms with Gasteiger partial charge < -0.3 is 0 Å². The molecule has 0 N–H and O–H groups in total. The zero-order valence-electron chi connectivity index (χ0n) is 11.3. The van der Waals surface area contributed by atoms with Crippen molar-refractivity contribution in [3.8, 4) is 0 Å². The smallest absolute Gasteiger partial charge is 0.153 e. The molecule has 0 saturated heterocycles. The maximum Gasteiger partial charge on any atom is 0.153 e. The Morgan fingerprint density at radius 3 is 2.44 bits per heavy atom. The second-order valence-electron chi connectivity index (χ2n) is 4.78. The van der Waals surface area contributed by atoms with Crippen molar-refractivity contribution in [1.82, 2.24) is 9.78 Å². The van der Waals surface area contributed by atoms with Gasteiger partial charge in [0.1, 0.15) is 0 Å². The fraction of sp³-hybridized carbons (Fsp3) is 0.333. The molecule has 1 aromatic heterocycles. The maximum absolute atomic E-state index is 11.0. The van der Waals surface area contributed by atoms with E-state index in [0.29, 0.717) is 12.1 Å². The van der Waals surface area contributed by atoms with Crippen LogP contribution in [0.4, 0.5) is 0 Å². The first-order valence-electron chi connectivity index (χ1n) is 6.08. The molecule has 0 amide bonds. The van der Waals surface area contributed by atoms with E-state index in [0.717, 1.165) is 17.7 Å². The first-order valence-corrected chi connectivity index (χ1v) is 6.08. The molecular weight excluding hydrogens is 224 g/mol. The summed E-state index contributed by atoms with van der Waals surface area (Å²) in [5.74, 6) is 0. The van der Waals surface area contributed by atoms with E-state index >= 15 is 0 Å². The van der Waals surface area contributed by atoms with Crippen LogP contribution in [0, 0.1) is 27.7 Å². The average Bonchev–Trinajstić information content (AvgIpc) is 2.59. The number of nitrogens with zero attached hydrogens (tertiary/aromatic N) is 2. The van der Waals surface area contributed by atoms with Gasteiger partial charge in [-0.1, -0.05) is 18.2 Å². The Hall–Kier alpha value is -1.90. The van der Waals surface area contributed by atoms with Gasteiger partial charge in [-0.25, -0.2) is 0 Å². The second kappa shape index (κ2) is 4.77. The minimum Gasteiger partial charge on any atom is -0.298 e. The van der Waals surface area contributed by atoms with Crippen LogP contribution < -0.4 is 0 Å². The first-order chi connectivity index (χ1) is 8.52. The Morgan fingerprint density at radius 2 is 1.89 bits per heavy atom. The van der Waals surface area contributed by atoms with Crippen molar-refractivity contribution in [2.24, 2.45) is 0 Å². The SMILES string of the molecule is Cc1ccc(Cn2nc(C)c(C=O)c2C)cc1C. The Kier molecular flexibility index (Phi) is 3.32. The molecule has 0 radical (unpaired) electrons. The van der Waals surface area contributed by atoms with Gasteiger partial charge in [-0.3, -0.25) is 9.48 Å². The number of hydrogen-bond acceptors (Lipinski definition) is 2. The van der Waals surface area contributed by atoms with Crippen molar-refractivity contribution in [2.75, 3.05) is 0 Å². The Bertz CT molecular complexity index is 597. The molecule has 0 aliphatic rings.